The molecule has 0 radical (unpaired) electrons. The third kappa shape index (κ3) is 4.68. The van der Waals surface area contributed by atoms with Gasteiger partial charge in [-0.2, -0.15) is 0 Å². The van der Waals surface area contributed by atoms with Crippen molar-refractivity contribution in [1.82, 2.24) is 9.80 Å². The first-order valence-electron chi connectivity index (χ1n) is 10.5. The van der Waals surface area contributed by atoms with E-state index in [-0.39, 0.29) is 42.1 Å². The van der Waals surface area contributed by atoms with E-state index in [1.165, 1.54) is 5.56 Å². The van der Waals surface area contributed by atoms with E-state index in [1.54, 1.807) is 0 Å². The highest BCUT2D eigenvalue weighted by Gasteiger charge is 2.38. The van der Waals surface area contributed by atoms with Gasteiger partial charge in [-0.05, 0) is 37.5 Å². The molecule has 2 amide bonds. The van der Waals surface area contributed by atoms with Crippen LogP contribution in [0.1, 0.15) is 40.2 Å². The molecule has 0 saturated carbocycles. The number of benzene rings is 2. The number of piperidine rings is 1. The van der Waals surface area contributed by atoms with Gasteiger partial charge in [-0.15, -0.1) is 12.4 Å². The van der Waals surface area contributed by atoms with Gasteiger partial charge in [-0.3, -0.25) is 9.59 Å². The third-order valence-electron chi connectivity index (χ3n) is 6.26. The molecule has 2 aromatic rings. The monoisotopic (exact) mass is 427 g/mol. The molecule has 0 spiro atoms. The second-order valence-electron chi connectivity index (χ2n) is 8.38. The van der Waals surface area contributed by atoms with Crippen molar-refractivity contribution in [3.05, 3.63) is 71.3 Å². The maximum absolute atomic E-state index is 13.2. The summed E-state index contributed by atoms with van der Waals surface area (Å²) in [6.07, 6.45) is 1.69. The van der Waals surface area contributed by atoms with Gasteiger partial charge in [-0.1, -0.05) is 48.0 Å². The molecule has 2 aliphatic rings. The smallest absolute Gasteiger partial charge is 0.253 e. The van der Waals surface area contributed by atoms with E-state index < -0.39 is 0 Å². The Hall–Kier alpha value is -2.37. The Morgan fingerprint density at radius 1 is 0.933 bits per heavy atom. The molecule has 2 heterocycles. The zero-order valence-corrected chi connectivity index (χ0v) is 18.2. The Kier molecular flexibility index (Phi) is 7.16. The standard InChI is InChI=1S/C24H29N3O2.ClH/c1-17-9-11-19(12-10-17)23(28)26-13-5-8-20(14-26)24(29)27-15-21(22(25)16-27)18-6-3-2-4-7-18;/h2-4,6-7,9-12,20-22H,5,8,13-16,25H2,1H3;1H/t20?,21-,22+;/m0./s1. The Morgan fingerprint density at radius 2 is 1.63 bits per heavy atom. The number of carbonyl (C=O) groups is 2. The van der Waals surface area contributed by atoms with E-state index in [1.807, 2.05) is 59.2 Å². The van der Waals surface area contributed by atoms with Crippen LogP contribution in [0.15, 0.2) is 54.6 Å². The SMILES string of the molecule is Cc1ccc(C(=O)N2CCCC(C(=O)N3C[C@@H](N)[C@H](c4ccccc4)C3)C2)cc1.Cl. The Balaban J connectivity index is 0.00000256. The van der Waals surface area contributed by atoms with Crippen LogP contribution in [0.3, 0.4) is 0 Å². The van der Waals surface area contributed by atoms with Crippen LogP contribution in [-0.2, 0) is 4.79 Å². The molecule has 4 rings (SSSR count). The van der Waals surface area contributed by atoms with Crippen LogP contribution in [0.5, 0.6) is 0 Å². The topological polar surface area (TPSA) is 66.6 Å². The molecular formula is C24H30ClN3O2. The summed E-state index contributed by atoms with van der Waals surface area (Å²) in [5.41, 5.74) is 9.39. The number of hydrogen-bond donors (Lipinski definition) is 1. The second kappa shape index (κ2) is 9.63. The van der Waals surface area contributed by atoms with Crippen LogP contribution in [0.2, 0.25) is 0 Å². The Labute approximate surface area is 184 Å². The Bertz CT molecular complexity index is 872. The minimum Gasteiger partial charge on any atom is -0.340 e. The minimum atomic E-state index is -0.139. The number of rotatable bonds is 3. The zero-order valence-electron chi connectivity index (χ0n) is 17.4. The van der Waals surface area contributed by atoms with Gasteiger partial charge in [0.1, 0.15) is 0 Å². The predicted octanol–water partition coefficient (Wildman–Crippen LogP) is 3.22. The molecular weight excluding hydrogens is 398 g/mol. The molecule has 0 aromatic heterocycles. The number of aryl methyl sites for hydroxylation is 1. The van der Waals surface area contributed by atoms with Crippen LogP contribution in [-0.4, -0.2) is 53.8 Å². The molecule has 2 fully saturated rings. The van der Waals surface area contributed by atoms with Crippen LogP contribution in [0.25, 0.3) is 0 Å². The largest absolute Gasteiger partial charge is 0.340 e. The lowest BCUT2D eigenvalue weighted by Crippen LogP contribution is -2.46. The van der Waals surface area contributed by atoms with Gasteiger partial charge in [0.05, 0.1) is 5.92 Å². The number of nitrogens with two attached hydrogens (primary N) is 1. The highest BCUT2D eigenvalue weighted by atomic mass is 35.5. The summed E-state index contributed by atoms with van der Waals surface area (Å²) in [4.78, 5) is 29.8. The predicted molar refractivity (Wildman–Crippen MR) is 121 cm³/mol. The maximum atomic E-state index is 13.2. The van der Waals surface area contributed by atoms with E-state index in [2.05, 4.69) is 12.1 Å². The van der Waals surface area contributed by atoms with Crippen molar-refractivity contribution in [2.24, 2.45) is 11.7 Å². The summed E-state index contributed by atoms with van der Waals surface area (Å²) < 4.78 is 0. The molecule has 2 N–H and O–H groups in total. The highest BCUT2D eigenvalue weighted by Crippen LogP contribution is 2.29. The van der Waals surface area contributed by atoms with Crippen molar-refractivity contribution in [2.75, 3.05) is 26.2 Å². The number of likely N-dealkylation sites (tertiary alicyclic amines) is 2. The van der Waals surface area contributed by atoms with E-state index in [4.69, 9.17) is 5.73 Å². The molecule has 30 heavy (non-hydrogen) atoms. The van der Waals surface area contributed by atoms with E-state index in [9.17, 15) is 9.59 Å². The molecule has 2 aromatic carbocycles. The fourth-order valence-corrected chi connectivity index (χ4v) is 4.56. The third-order valence-corrected chi connectivity index (χ3v) is 6.26. The van der Waals surface area contributed by atoms with Crippen molar-refractivity contribution >= 4 is 24.2 Å². The van der Waals surface area contributed by atoms with E-state index in [0.29, 0.717) is 31.7 Å². The lowest BCUT2D eigenvalue weighted by molar-refractivity contribution is -0.135. The molecule has 6 heteroatoms. The van der Waals surface area contributed by atoms with Gasteiger partial charge >= 0.3 is 0 Å². The van der Waals surface area contributed by atoms with Crippen LogP contribution in [0.4, 0.5) is 0 Å². The normalized spacial score (nSPS) is 23.7. The summed E-state index contributed by atoms with van der Waals surface area (Å²) in [7, 11) is 0. The average molecular weight is 428 g/mol. The molecule has 160 valence electrons. The lowest BCUT2D eigenvalue weighted by atomic mass is 9.95. The van der Waals surface area contributed by atoms with Crippen LogP contribution < -0.4 is 5.73 Å². The van der Waals surface area contributed by atoms with Crippen molar-refractivity contribution in [3.8, 4) is 0 Å². The molecule has 2 aliphatic heterocycles. The number of carbonyl (C=O) groups excluding carboxylic acids is 2. The van der Waals surface area contributed by atoms with Crippen molar-refractivity contribution in [1.29, 1.82) is 0 Å². The molecule has 1 unspecified atom stereocenters. The lowest BCUT2D eigenvalue weighted by Gasteiger charge is -2.34. The minimum absolute atomic E-state index is 0. The summed E-state index contributed by atoms with van der Waals surface area (Å²) in [5, 5.41) is 0. The molecule has 2 saturated heterocycles. The van der Waals surface area contributed by atoms with Crippen molar-refractivity contribution in [2.45, 2.75) is 31.7 Å². The number of nitrogens with zero attached hydrogens (tertiary/aromatic N) is 2. The molecule has 5 nitrogen and oxygen atoms in total. The molecule has 3 atom stereocenters. The van der Waals surface area contributed by atoms with Gasteiger partial charge in [0.15, 0.2) is 0 Å². The summed E-state index contributed by atoms with van der Waals surface area (Å²) in [6, 6.07) is 17.8. The van der Waals surface area contributed by atoms with E-state index in [0.717, 1.165) is 18.4 Å². The van der Waals surface area contributed by atoms with Crippen LogP contribution >= 0.6 is 12.4 Å². The van der Waals surface area contributed by atoms with Gasteiger partial charge in [0.2, 0.25) is 5.91 Å². The van der Waals surface area contributed by atoms with Gasteiger partial charge < -0.3 is 15.5 Å². The maximum Gasteiger partial charge on any atom is 0.253 e. The summed E-state index contributed by atoms with van der Waals surface area (Å²) in [5.74, 6) is 0.192. The first kappa shape index (κ1) is 22.3. The number of hydrogen-bond acceptors (Lipinski definition) is 3. The van der Waals surface area contributed by atoms with Gasteiger partial charge in [0.25, 0.3) is 5.91 Å². The summed E-state index contributed by atoms with van der Waals surface area (Å²) >= 11 is 0. The Morgan fingerprint density at radius 3 is 2.33 bits per heavy atom. The van der Waals surface area contributed by atoms with Crippen molar-refractivity contribution < 1.29 is 9.59 Å². The zero-order chi connectivity index (χ0) is 20.4. The first-order valence-corrected chi connectivity index (χ1v) is 10.5. The van der Waals surface area contributed by atoms with Crippen LogP contribution in [0, 0.1) is 12.8 Å². The fraction of sp³-hybridized carbons (Fsp3) is 0.417. The van der Waals surface area contributed by atoms with Gasteiger partial charge in [0, 0.05) is 43.7 Å². The van der Waals surface area contributed by atoms with Gasteiger partial charge in [-0.25, -0.2) is 0 Å². The fourth-order valence-electron chi connectivity index (χ4n) is 4.56. The molecule has 0 aliphatic carbocycles. The quantitative estimate of drug-likeness (QED) is 0.817. The number of halogens is 1. The highest BCUT2D eigenvalue weighted by molar-refractivity contribution is 5.94. The first-order chi connectivity index (χ1) is 14.0. The average Bonchev–Trinajstić information content (AvgIpc) is 3.15. The molecule has 0 bridgehead atoms. The second-order valence-corrected chi connectivity index (χ2v) is 8.38. The summed E-state index contributed by atoms with van der Waals surface area (Å²) in [6.45, 7) is 4.45. The number of amides is 2. The van der Waals surface area contributed by atoms with E-state index >= 15 is 0 Å². The van der Waals surface area contributed by atoms with Crippen molar-refractivity contribution in [3.63, 3.8) is 0 Å².